The number of hydrogen-bond acceptors (Lipinski definition) is 3. The van der Waals surface area contributed by atoms with Crippen LogP contribution < -0.4 is 11.1 Å². The molecule has 0 aromatic heterocycles. The Hall–Kier alpha value is -1.00. The van der Waals surface area contributed by atoms with Gasteiger partial charge in [-0.05, 0) is 12.1 Å². The molecule has 0 saturated heterocycles. The van der Waals surface area contributed by atoms with Crippen molar-refractivity contribution in [3.05, 3.63) is 30.3 Å². The molecule has 0 saturated carbocycles. The topological polar surface area (TPSA) is 55.1 Å². The van der Waals surface area contributed by atoms with Gasteiger partial charge in [0.15, 0.2) is 0 Å². The molecule has 1 unspecified atom stereocenters. The quantitative estimate of drug-likeness (QED) is 0.741. The highest BCUT2D eigenvalue weighted by molar-refractivity contribution is 7.99. The first-order chi connectivity index (χ1) is 7.59. The van der Waals surface area contributed by atoms with Gasteiger partial charge in [0.05, 0.1) is 6.04 Å². The van der Waals surface area contributed by atoms with Gasteiger partial charge in [-0.25, -0.2) is 0 Å². The fraction of sp³-hybridized carbons (Fsp3) is 0.417. The van der Waals surface area contributed by atoms with Crippen LogP contribution in [0.15, 0.2) is 35.2 Å². The predicted octanol–water partition coefficient (Wildman–Crippen LogP) is 1.63. The zero-order valence-corrected chi connectivity index (χ0v) is 10.5. The molecule has 0 aliphatic rings. The summed E-state index contributed by atoms with van der Waals surface area (Å²) < 4.78 is 0. The van der Waals surface area contributed by atoms with E-state index in [1.54, 1.807) is 11.8 Å². The number of carbonyl (C=O) groups excluding carboxylic acids is 1. The van der Waals surface area contributed by atoms with Crippen molar-refractivity contribution in [2.75, 3.05) is 5.75 Å². The number of rotatable bonds is 6. The van der Waals surface area contributed by atoms with E-state index in [1.165, 1.54) is 0 Å². The summed E-state index contributed by atoms with van der Waals surface area (Å²) in [6.45, 7) is 4.01. The van der Waals surface area contributed by atoms with E-state index < -0.39 is 0 Å². The van der Waals surface area contributed by atoms with E-state index in [4.69, 9.17) is 5.73 Å². The monoisotopic (exact) mass is 238 g/mol. The second kappa shape index (κ2) is 6.55. The standard InChI is InChI=1S/C12H18N2OS/c1-9(2)14-11(12(13)15)8-16-10-6-4-3-5-7-10/h3-7,9,11,14H,8H2,1-2H3,(H2,13,15). The van der Waals surface area contributed by atoms with Gasteiger partial charge in [0.25, 0.3) is 0 Å². The van der Waals surface area contributed by atoms with Crippen molar-refractivity contribution in [2.24, 2.45) is 5.73 Å². The van der Waals surface area contributed by atoms with E-state index in [0.717, 1.165) is 4.90 Å². The van der Waals surface area contributed by atoms with E-state index in [2.05, 4.69) is 5.32 Å². The molecular formula is C12H18N2OS. The summed E-state index contributed by atoms with van der Waals surface area (Å²) >= 11 is 1.64. The third-order valence-corrected chi connectivity index (χ3v) is 3.14. The Morgan fingerprint density at radius 3 is 2.50 bits per heavy atom. The molecule has 0 radical (unpaired) electrons. The molecule has 0 fully saturated rings. The molecule has 1 aromatic rings. The molecule has 1 atom stereocenters. The first-order valence-corrected chi connectivity index (χ1v) is 6.31. The molecule has 0 aliphatic carbocycles. The first kappa shape index (κ1) is 13.1. The zero-order valence-electron chi connectivity index (χ0n) is 9.64. The highest BCUT2D eigenvalue weighted by Gasteiger charge is 2.15. The van der Waals surface area contributed by atoms with Gasteiger partial charge in [-0.15, -0.1) is 11.8 Å². The van der Waals surface area contributed by atoms with Crippen molar-refractivity contribution in [1.82, 2.24) is 5.32 Å². The maximum Gasteiger partial charge on any atom is 0.235 e. The summed E-state index contributed by atoms with van der Waals surface area (Å²) in [4.78, 5) is 12.4. The third kappa shape index (κ3) is 4.68. The van der Waals surface area contributed by atoms with Crippen LogP contribution >= 0.6 is 11.8 Å². The minimum atomic E-state index is -0.294. The summed E-state index contributed by atoms with van der Waals surface area (Å²) in [5, 5.41) is 3.15. The van der Waals surface area contributed by atoms with E-state index in [-0.39, 0.29) is 18.0 Å². The maximum absolute atomic E-state index is 11.2. The number of nitrogens with two attached hydrogens (primary N) is 1. The average molecular weight is 238 g/mol. The number of thioether (sulfide) groups is 1. The Morgan fingerprint density at radius 1 is 1.38 bits per heavy atom. The number of carbonyl (C=O) groups is 1. The van der Waals surface area contributed by atoms with Gasteiger partial charge in [-0.2, -0.15) is 0 Å². The van der Waals surface area contributed by atoms with Gasteiger partial charge in [0.2, 0.25) is 5.91 Å². The van der Waals surface area contributed by atoms with Crippen molar-refractivity contribution in [2.45, 2.75) is 30.8 Å². The third-order valence-electron chi connectivity index (χ3n) is 2.04. The second-order valence-corrected chi connectivity index (χ2v) is 4.99. The van der Waals surface area contributed by atoms with Crippen LogP contribution in [0.1, 0.15) is 13.8 Å². The van der Waals surface area contributed by atoms with Crippen LogP contribution in [0.25, 0.3) is 0 Å². The molecule has 1 amide bonds. The van der Waals surface area contributed by atoms with E-state index in [1.807, 2.05) is 44.2 Å². The average Bonchev–Trinajstić information content (AvgIpc) is 2.25. The zero-order chi connectivity index (χ0) is 12.0. The lowest BCUT2D eigenvalue weighted by Gasteiger charge is -2.17. The van der Waals surface area contributed by atoms with Crippen molar-refractivity contribution in [3.63, 3.8) is 0 Å². The largest absolute Gasteiger partial charge is 0.368 e. The second-order valence-electron chi connectivity index (χ2n) is 3.90. The molecule has 3 N–H and O–H groups in total. The molecule has 4 heteroatoms. The highest BCUT2D eigenvalue weighted by Crippen LogP contribution is 2.17. The normalized spacial score (nSPS) is 12.7. The summed E-state index contributed by atoms with van der Waals surface area (Å²) in [5.41, 5.74) is 5.33. The Morgan fingerprint density at radius 2 is 2.00 bits per heavy atom. The molecule has 0 spiro atoms. The van der Waals surface area contributed by atoms with Crippen LogP contribution in [0.4, 0.5) is 0 Å². The molecule has 0 bridgehead atoms. The summed E-state index contributed by atoms with van der Waals surface area (Å²) in [6, 6.07) is 9.98. The highest BCUT2D eigenvalue weighted by atomic mass is 32.2. The van der Waals surface area contributed by atoms with Crippen molar-refractivity contribution in [3.8, 4) is 0 Å². The number of hydrogen-bond donors (Lipinski definition) is 2. The van der Waals surface area contributed by atoms with Crippen molar-refractivity contribution < 1.29 is 4.79 Å². The van der Waals surface area contributed by atoms with Gasteiger partial charge in [0, 0.05) is 16.7 Å². The first-order valence-electron chi connectivity index (χ1n) is 5.33. The van der Waals surface area contributed by atoms with Gasteiger partial charge in [0.1, 0.15) is 0 Å². The van der Waals surface area contributed by atoms with Gasteiger partial charge in [-0.1, -0.05) is 32.0 Å². The minimum Gasteiger partial charge on any atom is -0.368 e. The van der Waals surface area contributed by atoms with Crippen LogP contribution in [0.5, 0.6) is 0 Å². The van der Waals surface area contributed by atoms with Crippen LogP contribution in [-0.2, 0) is 4.79 Å². The van der Waals surface area contributed by atoms with Gasteiger partial charge in [-0.3, -0.25) is 4.79 Å². The Bertz CT molecular complexity index is 327. The van der Waals surface area contributed by atoms with Gasteiger partial charge < -0.3 is 11.1 Å². The molecule has 0 heterocycles. The lowest BCUT2D eigenvalue weighted by molar-refractivity contribution is -0.119. The predicted molar refractivity (Wildman–Crippen MR) is 68.4 cm³/mol. The summed E-state index contributed by atoms with van der Waals surface area (Å²) in [5.74, 6) is 0.370. The molecular weight excluding hydrogens is 220 g/mol. The Kier molecular flexibility index (Phi) is 5.35. The smallest absolute Gasteiger partial charge is 0.235 e. The van der Waals surface area contributed by atoms with Crippen LogP contribution in [-0.4, -0.2) is 23.7 Å². The summed E-state index contributed by atoms with van der Waals surface area (Å²) in [7, 11) is 0. The van der Waals surface area contributed by atoms with Crippen molar-refractivity contribution >= 4 is 17.7 Å². The summed E-state index contributed by atoms with van der Waals surface area (Å²) in [6.07, 6.45) is 0. The van der Waals surface area contributed by atoms with Crippen LogP contribution in [0, 0.1) is 0 Å². The van der Waals surface area contributed by atoms with Gasteiger partial charge >= 0.3 is 0 Å². The van der Waals surface area contributed by atoms with Crippen LogP contribution in [0.2, 0.25) is 0 Å². The lowest BCUT2D eigenvalue weighted by atomic mass is 10.3. The number of primary amides is 1. The maximum atomic E-state index is 11.2. The number of benzene rings is 1. The number of nitrogens with one attached hydrogen (secondary N) is 1. The molecule has 88 valence electrons. The molecule has 1 rings (SSSR count). The molecule has 0 aliphatic heterocycles. The molecule has 1 aromatic carbocycles. The fourth-order valence-corrected chi connectivity index (χ4v) is 2.28. The van der Waals surface area contributed by atoms with E-state index in [0.29, 0.717) is 5.75 Å². The SMILES string of the molecule is CC(C)NC(CSc1ccccc1)C(N)=O. The fourth-order valence-electron chi connectivity index (χ4n) is 1.31. The Labute approximate surface area is 101 Å². The van der Waals surface area contributed by atoms with E-state index in [9.17, 15) is 4.79 Å². The van der Waals surface area contributed by atoms with E-state index >= 15 is 0 Å². The van der Waals surface area contributed by atoms with Crippen molar-refractivity contribution in [1.29, 1.82) is 0 Å². The Balaban J connectivity index is 2.47. The molecule has 3 nitrogen and oxygen atoms in total. The lowest BCUT2D eigenvalue weighted by Crippen LogP contribution is -2.46. The molecule has 16 heavy (non-hydrogen) atoms. The van der Waals surface area contributed by atoms with Crippen LogP contribution in [0.3, 0.4) is 0 Å². The minimum absolute atomic E-state index is 0.258. The number of amides is 1.